The molecule has 1 heterocycles. The Morgan fingerprint density at radius 1 is 1.12 bits per heavy atom. The van der Waals surface area contributed by atoms with Gasteiger partial charge in [-0.05, 0) is 66.2 Å². The lowest BCUT2D eigenvalue weighted by Crippen LogP contribution is -2.35. The van der Waals surface area contributed by atoms with Crippen LogP contribution in [0.1, 0.15) is 34.7 Å². The summed E-state index contributed by atoms with van der Waals surface area (Å²) in [6.07, 6.45) is 3.60. The average molecular weight is 352 g/mol. The zero-order valence-electron chi connectivity index (χ0n) is 13.3. The molecule has 1 aliphatic carbocycles. The van der Waals surface area contributed by atoms with E-state index < -0.39 is 5.97 Å². The Hall–Kier alpha value is -2.73. The molecule has 1 aromatic heterocycles. The van der Waals surface area contributed by atoms with Crippen molar-refractivity contribution in [1.82, 2.24) is 4.37 Å². The van der Waals surface area contributed by atoms with E-state index >= 15 is 0 Å². The fourth-order valence-corrected chi connectivity index (χ4v) is 3.94. The molecule has 25 heavy (non-hydrogen) atoms. The standard InChI is InChI=1S/C19H16N2O3S/c22-18(21-14-6-5-13-10-20-25-17(13)9-14)16-8-7-15(16)11-1-3-12(4-2-11)19(23)24/h1-6,9-10,15-16H,7-8H2,(H,21,22)(H,23,24)/t15-,16+/m1/s1. The lowest BCUT2D eigenvalue weighted by atomic mass is 9.69. The number of nitrogens with one attached hydrogen (secondary N) is 1. The molecule has 2 aromatic carbocycles. The zero-order valence-corrected chi connectivity index (χ0v) is 14.1. The van der Waals surface area contributed by atoms with E-state index in [-0.39, 0.29) is 23.3 Å². The fraction of sp³-hybridized carbons (Fsp3) is 0.211. The number of carbonyl (C=O) groups is 2. The van der Waals surface area contributed by atoms with Gasteiger partial charge < -0.3 is 10.4 Å². The van der Waals surface area contributed by atoms with Gasteiger partial charge in [-0.3, -0.25) is 4.79 Å². The molecular weight excluding hydrogens is 336 g/mol. The molecule has 1 aliphatic rings. The summed E-state index contributed by atoms with van der Waals surface area (Å²) in [5.74, 6) is -0.849. The number of amides is 1. The summed E-state index contributed by atoms with van der Waals surface area (Å²) < 4.78 is 5.19. The van der Waals surface area contributed by atoms with Crippen molar-refractivity contribution in [3.63, 3.8) is 0 Å². The van der Waals surface area contributed by atoms with Crippen molar-refractivity contribution >= 4 is 39.2 Å². The van der Waals surface area contributed by atoms with E-state index in [1.165, 1.54) is 11.5 Å². The van der Waals surface area contributed by atoms with E-state index in [0.717, 1.165) is 34.2 Å². The lowest BCUT2D eigenvalue weighted by Gasteiger charge is -2.35. The van der Waals surface area contributed by atoms with E-state index in [0.29, 0.717) is 0 Å². The number of nitrogens with zero attached hydrogens (tertiary/aromatic N) is 1. The number of carbonyl (C=O) groups excluding carboxylic acids is 1. The van der Waals surface area contributed by atoms with E-state index in [2.05, 4.69) is 9.69 Å². The summed E-state index contributed by atoms with van der Waals surface area (Å²) in [5.41, 5.74) is 2.07. The van der Waals surface area contributed by atoms with Crippen molar-refractivity contribution in [3.05, 3.63) is 59.8 Å². The van der Waals surface area contributed by atoms with Crippen LogP contribution in [0.3, 0.4) is 0 Å². The van der Waals surface area contributed by atoms with Gasteiger partial charge in [0.15, 0.2) is 0 Å². The maximum absolute atomic E-state index is 12.6. The van der Waals surface area contributed by atoms with Crippen molar-refractivity contribution in [2.75, 3.05) is 5.32 Å². The van der Waals surface area contributed by atoms with Gasteiger partial charge in [-0.25, -0.2) is 4.79 Å². The summed E-state index contributed by atoms with van der Waals surface area (Å²) in [4.78, 5) is 23.6. The Kier molecular flexibility index (Phi) is 3.97. The van der Waals surface area contributed by atoms with E-state index in [1.54, 1.807) is 12.1 Å². The number of carboxylic acid groups (broad SMARTS) is 1. The Labute approximate surface area is 148 Å². The molecule has 1 saturated carbocycles. The molecule has 2 atom stereocenters. The minimum absolute atomic E-state index is 0.0161. The Morgan fingerprint density at radius 2 is 1.92 bits per heavy atom. The molecule has 0 radical (unpaired) electrons. The van der Waals surface area contributed by atoms with Gasteiger partial charge >= 0.3 is 5.97 Å². The molecule has 0 bridgehead atoms. The number of aromatic carboxylic acids is 1. The summed E-state index contributed by atoms with van der Waals surface area (Å²) in [6.45, 7) is 0. The van der Waals surface area contributed by atoms with Gasteiger partial charge in [-0.15, -0.1) is 0 Å². The minimum Gasteiger partial charge on any atom is -0.478 e. The van der Waals surface area contributed by atoms with Crippen LogP contribution < -0.4 is 5.32 Å². The number of hydrogen-bond acceptors (Lipinski definition) is 4. The topological polar surface area (TPSA) is 79.3 Å². The monoisotopic (exact) mass is 352 g/mol. The second-order valence-electron chi connectivity index (χ2n) is 6.29. The molecule has 3 aromatic rings. The van der Waals surface area contributed by atoms with Crippen molar-refractivity contribution < 1.29 is 14.7 Å². The number of benzene rings is 2. The highest BCUT2D eigenvalue weighted by Gasteiger charge is 2.37. The largest absolute Gasteiger partial charge is 0.478 e. The summed E-state index contributed by atoms with van der Waals surface area (Å²) in [7, 11) is 0. The van der Waals surface area contributed by atoms with Crippen LogP contribution in [0.15, 0.2) is 48.7 Å². The first-order valence-electron chi connectivity index (χ1n) is 8.10. The predicted molar refractivity (Wildman–Crippen MR) is 97.1 cm³/mol. The molecule has 5 nitrogen and oxygen atoms in total. The molecular formula is C19H16N2O3S. The SMILES string of the molecule is O=C(O)c1ccc([C@H]2CC[C@@H]2C(=O)Nc2ccc3cnsc3c2)cc1. The predicted octanol–water partition coefficient (Wildman–Crippen LogP) is 4.13. The number of rotatable bonds is 4. The maximum atomic E-state index is 12.6. The smallest absolute Gasteiger partial charge is 0.335 e. The van der Waals surface area contributed by atoms with Gasteiger partial charge in [-0.2, -0.15) is 4.37 Å². The number of anilines is 1. The van der Waals surface area contributed by atoms with Crippen molar-refractivity contribution in [1.29, 1.82) is 0 Å². The van der Waals surface area contributed by atoms with Crippen LogP contribution in [0.2, 0.25) is 0 Å². The first-order valence-corrected chi connectivity index (χ1v) is 8.88. The van der Waals surface area contributed by atoms with Gasteiger partial charge in [0.1, 0.15) is 0 Å². The van der Waals surface area contributed by atoms with E-state index in [4.69, 9.17) is 5.11 Å². The maximum Gasteiger partial charge on any atom is 0.335 e. The molecule has 4 rings (SSSR count). The second-order valence-corrected chi connectivity index (χ2v) is 7.12. The summed E-state index contributed by atoms with van der Waals surface area (Å²) in [6, 6.07) is 12.6. The summed E-state index contributed by atoms with van der Waals surface area (Å²) >= 11 is 1.41. The molecule has 0 unspecified atom stereocenters. The number of hydrogen-bond donors (Lipinski definition) is 2. The van der Waals surface area contributed by atoms with Crippen LogP contribution >= 0.6 is 11.5 Å². The van der Waals surface area contributed by atoms with Gasteiger partial charge in [0.2, 0.25) is 5.91 Å². The third-order valence-corrected chi connectivity index (χ3v) is 5.58. The van der Waals surface area contributed by atoms with Gasteiger partial charge in [0.25, 0.3) is 0 Å². The number of aromatic nitrogens is 1. The minimum atomic E-state index is -0.937. The first-order chi connectivity index (χ1) is 12.1. The molecule has 0 saturated heterocycles. The van der Waals surface area contributed by atoms with Crippen molar-refractivity contribution in [2.24, 2.45) is 5.92 Å². The van der Waals surface area contributed by atoms with E-state index in [1.807, 2.05) is 36.5 Å². The van der Waals surface area contributed by atoms with Gasteiger partial charge in [0, 0.05) is 23.2 Å². The summed E-state index contributed by atoms with van der Waals surface area (Å²) in [5, 5.41) is 13.1. The van der Waals surface area contributed by atoms with Crippen LogP contribution in [0.4, 0.5) is 5.69 Å². The molecule has 0 aliphatic heterocycles. The van der Waals surface area contributed by atoms with Gasteiger partial charge in [-0.1, -0.05) is 12.1 Å². The van der Waals surface area contributed by atoms with Crippen molar-refractivity contribution in [2.45, 2.75) is 18.8 Å². The number of carboxylic acids is 1. The van der Waals surface area contributed by atoms with Crippen LogP contribution in [-0.4, -0.2) is 21.4 Å². The third-order valence-electron chi connectivity index (χ3n) is 4.82. The molecule has 2 N–H and O–H groups in total. The fourth-order valence-electron chi connectivity index (χ4n) is 3.26. The molecule has 1 amide bonds. The zero-order chi connectivity index (χ0) is 17.4. The Morgan fingerprint density at radius 3 is 2.60 bits per heavy atom. The molecule has 6 heteroatoms. The highest BCUT2D eigenvalue weighted by Crippen LogP contribution is 2.43. The molecule has 1 fully saturated rings. The number of fused-ring (bicyclic) bond motifs is 1. The van der Waals surface area contributed by atoms with Gasteiger partial charge in [0.05, 0.1) is 10.3 Å². The third kappa shape index (κ3) is 3.00. The van der Waals surface area contributed by atoms with E-state index in [9.17, 15) is 9.59 Å². The highest BCUT2D eigenvalue weighted by atomic mass is 32.1. The van der Waals surface area contributed by atoms with Crippen LogP contribution in [-0.2, 0) is 4.79 Å². The lowest BCUT2D eigenvalue weighted by molar-refractivity contribution is -0.123. The Bertz CT molecular complexity index is 949. The van der Waals surface area contributed by atoms with Crippen molar-refractivity contribution in [3.8, 4) is 0 Å². The normalized spacial score (nSPS) is 19.4. The van der Waals surface area contributed by atoms with Crippen LogP contribution in [0.25, 0.3) is 10.1 Å². The average Bonchev–Trinajstić information content (AvgIpc) is 3.02. The first kappa shape index (κ1) is 15.8. The molecule has 0 spiro atoms. The van der Waals surface area contributed by atoms with Crippen LogP contribution in [0, 0.1) is 5.92 Å². The highest BCUT2D eigenvalue weighted by molar-refractivity contribution is 7.13. The second kappa shape index (κ2) is 6.29. The Balaban J connectivity index is 1.47. The quantitative estimate of drug-likeness (QED) is 0.740. The molecule has 126 valence electrons. The van der Waals surface area contributed by atoms with Crippen LogP contribution in [0.5, 0.6) is 0 Å².